The molecule has 2 bridgehead atoms. The smallest absolute Gasteiger partial charge is 0.224 e. The quantitative estimate of drug-likeness (QED) is 0.460. The number of ether oxygens (including phenoxy) is 2. The maximum absolute atomic E-state index is 11.4. The van der Waals surface area contributed by atoms with Gasteiger partial charge in [0.15, 0.2) is 6.29 Å². The predicted molar refractivity (Wildman–Crippen MR) is 54.7 cm³/mol. The molecule has 3 rings (SSSR count). The number of hydrogen-bond donors (Lipinski definition) is 3. The molecule has 3 heterocycles. The van der Waals surface area contributed by atoms with E-state index in [9.17, 15) is 15.0 Å². The van der Waals surface area contributed by atoms with Crippen molar-refractivity contribution in [2.24, 2.45) is 5.73 Å². The SMILES string of the molecule is NC[C@@]12COC(O1)C(N1CCC1=O)[C@@H](O)[C@H]2O. The van der Waals surface area contributed by atoms with Gasteiger partial charge in [0.25, 0.3) is 0 Å². The van der Waals surface area contributed by atoms with Gasteiger partial charge in [-0.25, -0.2) is 0 Å². The van der Waals surface area contributed by atoms with Crippen LogP contribution in [0.4, 0.5) is 0 Å². The highest BCUT2D eigenvalue weighted by Gasteiger charge is 2.61. The number of β-lactam (4-membered cyclic amide) rings is 1. The van der Waals surface area contributed by atoms with E-state index in [1.54, 1.807) is 0 Å². The van der Waals surface area contributed by atoms with Crippen LogP contribution in [0.5, 0.6) is 0 Å². The lowest BCUT2D eigenvalue weighted by molar-refractivity contribution is -0.245. The monoisotopic (exact) mass is 244 g/mol. The molecular weight excluding hydrogens is 228 g/mol. The Hall–Kier alpha value is -0.730. The number of aliphatic hydroxyl groups excluding tert-OH is 2. The molecule has 0 aromatic rings. The predicted octanol–water partition coefficient (Wildman–Crippen LogP) is -2.61. The van der Waals surface area contributed by atoms with Crippen molar-refractivity contribution in [3.8, 4) is 0 Å². The second-order valence-corrected chi connectivity index (χ2v) is 4.83. The molecule has 1 amide bonds. The summed E-state index contributed by atoms with van der Waals surface area (Å²) >= 11 is 0. The molecule has 2 unspecified atom stereocenters. The van der Waals surface area contributed by atoms with Gasteiger partial charge in [-0.05, 0) is 0 Å². The summed E-state index contributed by atoms with van der Waals surface area (Å²) in [5.41, 5.74) is 4.53. The Balaban J connectivity index is 1.86. The molecule has 0 aromatic heterocycles. The number of nitrogens with zero attached hydrogens (tertiary/aromatic N) is 1. The van der Waals surface area contributed by atoms with Crippen molar-refractivity contribution in [1.29, 1.82) is 0 Å². The van der Waals surface area contributed by atoms with Crippen molar-refractivity contribution in [1.82, 2.24) is 4.90 Å². The zero-order valence-electron chi connectivity index (χ0n) is 9.28. The zero-order chi connectivity index (χ0) is 12.2. The molecule has 5 atom stereocenters. The highest BCUT2D eigenvalue weighted by Crippen LogP contribution is 2.39. The molecule has 0 aliphatic carbocycles. The zero-order valence-corrected chi connectivity index (χ0v) is 9.28. The normalized spacial score (nSPS) is 49.4. The third-order valence-corrected chi connectivity index (χ3v) is 3.93. The molecule has 0 saturated carbocycles. The van der Waals surface area contributed by atoms with E-state index in [-0.39, 0.29) is 19.1 Å². The van der Waals surface area contributed by atoms with Gasteiger partial charge in [0.05, 0.1) is 6.61 Å². The van der Waals surface area contributed by atoms with E-state index in [4.69, 9.17) is 15.2 Å². The van der Waals surface area contributed by atoms with Crippen LogP contribution in [0.25, 0.3) is 0 Å². The van der Waals surface area contributed by atoms with Gasteiger partial charge in [0.2, 0.25) is 5.91 Å². The van der Waals surface area contributed by atoms with Crippen LogP contribution in [0.1, 0.15) is 6.42 Å². The third kappa shape index (κ3) is 1.37. The number of carbonyl (C=O) groups excluding carboxylic acids is 1. The van der Waals surface area contributed by atoms with Crippen molar-refractivity contribution >= 4 is 5.91 Å². The minimum atomic E-state index is -1.13. The third-order valence-electron chi connectivity index (χ3n) is 3.93. The summed E-state index contributed by atoms with van der Waals surface area (Å²) in [5.74, 6) is -0.0550. The van der Waals surface area contributed by atoms with Gasteiger partial charge >= 0.3 is 0 Å². The van der Waals surface area contributed by atoms with Crippen molar-refractivity contribution in [2.45, 2.75) is 36.6 Å². The van der Waals surface area contributed by atoms with Crippen LogP contribution in [-0.2, 0) is 14.3 Å². The van der Waals surface area contributed by atoms with Gasteiger partial charge in [0.1, 0.15) is 23.9 Å². The highest BCUT2D eigenvalue weighted by molar-refractivity contribution is 5.82. The Labute approximate surface area is 98.1 Å². The molecule has 0 aromatic carbocycles. The van der Waals surface area contributed by atoms with Crippen LogP contribution in [0.3, 0.4) is 0 Å². The van der Waals surface area contributed by atoms with Crippen LogP contribution >= 0.6 is 0 Å². The van der Waals surface area contributed by atoms with E-state index in [2.05, 4.69) is 0 Å². The largest absolute Gasteiger partial charge is 0.388 e. The van der Waals surface area contributed by atoms with Crippen LogP contribution in [0.15, 0.2) is 0 Å². The average molecular weight is 244 g/mol. The molecule has 3 saturated heterocycles. The van der Waals surface area contributed by atoms with E-state index in [1.165, 1.54) is 4.90 Å². The molecule has 0 spiro atoms. The first kappa shape index (κ1) is 11.4. The first-order valence-electron chi connectivity index (χ1n) is 5.74. The molecule has 96 valence electrons. The van der Waals surface area contributed by atoms with Crippen molar-refractivity contribution in [3.63, 3.8) is 0 Å². The fraction of sp³-hybridized carbons (Fsp3) is 0.900. The molecule has 3 aliphatic heterocycles. The Morgan fingerprint density at radius 3 is 2.82 bits per heavy atom. The first-order chi connectivity index (χ1) is 8.09. The Kier molecular flexibility index (Phi) is 2.43. The number of hydrogen-bond acceptors (Lipinski definition) is 6. The lowest BCUT2D eigenvalue weighted by atomic mass is 9.86. The molecule has 3 aliphatic rings. The Morgan fingerprint density at radius 1 is 1.53 bits per heavy atom. The van der Waals surface area contributed by atoms with E-state index in [0.29, 0.717) is 13.0 Å². The topological polar surface area (TPSA) is 105 Å². The first-order valence-corrected chi connectivity index (χ1v) is 5.74. The second-order valence-electron chi connectivity index (χ2n) is 4.83. The van der Waals surface area contributed by atoms with Gasteiger partial charge in [0, 0.05) is 19.5 Å². The minimum absolute atomic E-state index is 0.0550. The lowest BCUT2D eigenvalue weighted by Gasteiger charge is -2.48. The average Bonchev–Trinajstić information content (AvgIpc) is 2.73. The number of rotatable bonds is 2. The van der Waals surface area contributed by atoms with Crippen LogP contribution < -0.4 is 5.73 Å². The van der Waals surface area contributed by atoms with E-state index in [1.807, 2.05) is 0 Å². The van der Waals surface area contributed by atoms with Crippen LogP contribution in [0, 0.1) is 0 Å². The minimum Gasteiger partial charge on any atom is -0.388 e. The summed E-state index contributed by atoms with van der Waals surface area (Å²) in [6.07, 6.45) is -2.44. The molecule has 0 radical (unpaired) electrons. The van der Waals surface area contributed by atoms with Crippen molar-refractivity contribution < 1.29 is 24.5 Å². The van der Waals surface area contributed by atoms with E-state index in [0.717, 1.165) is 0 Å². The maximum Gasteiger partial charge on any atom is 0.224 e. The summed E-state index contributed by atoms with van der Waals surface area (Å²) < 4.78 is 11.0. The van der Waals surface area contributed by atoms with Gasteiger partial charge in [-0.15, -0.1) is 0 Å². The lowest BCUT2D eigenvalue weighted by Crippen LogP contribution is -2.69. The highest BCUT2D eigenvalue weighted by atomic mass is 16.7. The Bertz CT molecular complexity index is 352. The van der Waals surface area contributed by atoms with Gasteiger partial charge in [-0.2, -0.15) is 0 Å². The Morgan fingerprint density at radius 2 is 2.29 bits per heavy atom. The molecule has 17 heavy (non-hydrogen) atoms. The van der Waals surface area contributed by atoms with E-state index >= 15 is 0 Å². The molecular formula is C10H16N2O5. The van der Waals surface area contributed by atoms with Gasteiger partial charge in [-0.1, -0.05) is 0 Å². The summed E-state index contributed by atoms with van der Waals surface area (Å²) in [4.78, 5) is 12.9. The summed E-state index contributed by atoms with van der Waals surface area (Å²) in [6, 6.07) is -0.631. The summed E-state index contributed by atoms with van der Waals surface area (Å²) in [5, 5.41) is 20.2. The van der Waals surface area contributed by atoms with Crippen LogP contribution in [0.2, 0.25) is 0 Å². The number of fused-ring (bicyclic) bond motifs is 2. The number of likely N-dealkylation sites (tertiary alicyclic amines) is 1. The van der Waals surface area contributed by atoms with Crippen molar-refractivity contribution in [3.05, 3.63) is 0 Å². The number of amides is 1. The molecule has 7 heteroatoms. The summed E-state index contributed by atoms with van der Waals surface area (Å²) in [6.45, 7) is 0.777. The molecule has 4 N–H and O–H groups in total. The molecule has 7 nitrogen and oxygen atoms in total. The fourth-order valence-electron chi connectivity index (χ4n) is 2.71. The van der Waals surface area contributed by atoms with E-state index < -0.39 is 30.1 Å². The van der Waals surface area contributed by atoms with Crippen LogP contribution in [-0.4, -0.2) is 70.9 Å². The number of nitrogens with two attached hydrogens (primary N) is 1. The maximum atomic E-state index is 11.4. The second kappa shape index (κ2) is 3.63. The number of carbonyl (C=O) groups is 1. The standard InChI is InChI=1S/C10H16N2O5/c11-3-10-4-16-9(17-10)6(7(14)8(10)15)12-2-1-5(12)13/h6-9,14-15H,1-4,11H2/t6?,7-,8-,9?,10+/m1/s1. The summed E-state index contributed by atoms with van der Waals surface area (Å²) in [7, 11) is 0. The number of aliphatic hydroxyl groups is 2. The van der Waals surface area contributed by atoms with Gasteiger partial charge in [-0.3, -0.25) is 4.79 Å². The van der Waals surface area contributed by atoms with Crippen molar-refractivity contribution in [2.75, 3.05) is 19.7 Å². The van der Waals surface area contributed by atoms with Gasteiger partial charge < -0.3 is 30.3 Å². The fourth-order valence-corrected chi connectivity index (χ4v) is 2.71. The molecule has 3 fully saturated rings.